The number of thioether (sulfide) groups is 1. The number of nitrogens with one attached hydrogen (secondary N) is 4. The van der Waals surface area contributed by atoms with Crippen LogP contribution in [0.15, 0.2) is 126 Å². The van der Waals surface area contributed by atoms with Crippen LogP contribution >= 0.6 is 36.2 Å². The maximum absolute atomic E-state index is 8.87. The smallest absolute Gasteiger partial charge is 0.171 e. The molecular formula is C44H45N9S3. The van der Waals surface area contributed by atoms with Crippen molar-refractivity contribution in [3.05, 3.63) is 127 Å². The first-order valence-corrected chi connectivity index (χ1v) is 21.0. The zero-order valence-electron chi connectivity index (χ0n) is 31.3. The average molecular weight is 796 g/mol. The third-order valence-corrected chi connectivity index (χ3v) is 11.4. The number of para-hydroxylation sites is 1. The summed E-state index contributed by atoms with van der Waals surface area (Å²) < 4.78 is 0. The largest absolute Gasteiger partial charge is 0.360 e. The first-order chi connectivity index (χ1) is 27.5. The summed E-state index contributed by atoms with van der Waals surface area (Å²) in [6.45, 7) is 3.84. The Kier molecular flexibility index (Phi) is 13.1. The van der Waals surface area contributed by atoms with Gasteiger partial charge in [-0.1, -0.05) is 60.7 Å². The lowest BCUT2D eigenvalue weighted by Crippen LogP contribution is -2.46. The molecule has 8 rings (SSSR count). The van der Waals surface area contributed by atoms with Crippen molar-refractivity contribution in [1.82, 2.24) is 20.6 Å². The van der Waals surface area contributed by atoms with E-state index in [9.17, 15) is 0 Å². The normalized spacial score (nSPS) is 14.6. The number of hydrogen-bond donors (Lipinski definition) is 4. The van der Waals surface area contributed by atoms with Crippen molar-refractivity contribution in [3.8, 4) is 6.07 Å². The Balaban J connectivity index is 0.000000172. The van der Waals surface area contributed by atoms with E-state index in [0.717, 1.165) is 74.9 Å². The van der Waals surface area contributed by atoms with Gasteiger partial charge in [-0.25, -0.2) is 9.97 Å². The van der Waals surface area contributed by atoms with Crippen LogP contribution in [0.4, 0.5) is 23.0 Å². The molecule has 0 saturated carbocycles. The molecule has 0 amide bonds. The van der Waals surface area contributed by atoms with Crippen LogP contribution in [-0.2, 0) is 0 Å². The van der Waals surface area contributed by atoms with Crippen molar-refractivity contribution in [1.29, 1.82) is 5.26 Å². The third kappa shape index (κ3) is 9.84. The summed E-state index contributed by atoms with van der Waals surface area (Å²) >= 11 is 12.7. The predicted octanol–water partition coefficient (Wildman–Crippen LogP) is 8.97. The van der Waals surface area contributed by atoms with E-state index in [-0.39, 0.29) is 0 Å². The Morgan fingerprint density at radius 2 is 1.12 bits per heavy atom. The minimum atomic E-state index is 0.338. The highest BCUT2D eigenvalue weighted by atomic mass is 32.2. The topological polar surface area (TPSA) is 104 Å². The molecule has 9 nitrogen and oxygen atoms in total. The maximum Gasteiger partial charge on any atom is 0.171 e. The van der Waals surface area contributed by atoms with Gasteiger partial charge in [-0.05, 0) is 116 Å². The van der Waals surface area contributed by atoms with Crippen molar-refractivity contribution in [2.45, 2.75) is 42.7 Å². The summed E-state index contributed by atoms with van der Waals surface area (Å²) in [7, 11) is 0. The lowest BCUT2D eigenvalue weighted by Gasteiger charge is -2.34. The van der Waals surface area contributed by atoms with Gasteiger partial charge in [0.1, 0.15) is 11.6 Å². The summed E-state index contributed by atoms with van der Waals surface area (Å²) in [5.74, 6) is 2.15. The van der Waals surface area contributed by atoms with Crippen LogP contribution in [0.1, 0.15) is 31.2 Å². The molecule has 6 aromatic rings. The van der Waals surface area contributed by atoms with Crippen LogP contribution in [0, 0.1) is 11.3 Å². The molecule has 12 heteroatoms. The highest BCUT2D eigenvalue weighted by Crippen LogP contribution is 2.29. The molecule has 4 aromatic carbocycles. The van der Waals surface area contributed by atoms with E-state index >= 15 is 0 Å². The van der Waals surface area contributed by atoms with Gasteiger partial charge in [-0.2, -0.15) is 5.26 Å². The standard InChI is InChI=1S/C22H21N5S.C22H24N4S2/c23-15-16-5-7-18(8-6-16)25-22(28)26-19-10-13-27(14-11-19)21-20-4-2-1-3-17(20)9-12-24-21;1-28-20-9-5-4-8-19(20)25-22(27)24-17-11-14-26(15-12-17)21-18-7-3-2-6-16(18)10-13-23-21/h1-9,12,19H,10-11,13-14H2,(H2,25,26,28);2-10,13,17H,11-12,14-15H2,1H3,(H2,24,25,27). The van der Waals surface area contributed by atoms with Gasteiger partial charge in [0, 0.05) is 72.0 Å². The number of thiocarbonyl (C=S) groups is 2. The fourth-order valence-electron chi connectivity index (χ4n) is 7.26. The number of nitriles is 1. The SMILES string of the molecule is CSc1ccccc1NC(=S)NC1CCN(c2nccc3ccccc23)CC1.N#Cc1ccc(NC(=S)NC2CCN(c3nccc4ccccc34)CC2)cc1. The minimum Gasteiger partial charge on any atom is -0.360 e. The van der Waals surface area contributed by atoms with E-state index in [1.54, 1.807) is 23.9 Å². The Bertz CT molecular complexity index is 2300. The van der Waals surface area contributed by atoms with Gasteiger partial charge in [0.25, 0.3) is 0 Å². The van der Waals surface area contributed by atoms with Gasteiger partial charge in [0.2, 0.25) is 0 Å². The fraction of sp³-hybridized carbons (Fsp3) is 0.250. The second kappa shape index (κ2) is 18.9. The molecule has 4 heterocycles. The molecule has 0 atom stereocenters. The Morgan fingerprint density at radius 3 is 1.64 bits per heavy atom. The molecule has 0 unspecified atom stereocenters. The van der Waals surface area contributed by atoms with Crippen molar-refractivity contribution >= 4 is 91.0 Å². The van der Waals surface area contributed by atoms with Gasteiger partial charge in [-0.3, -0.25) is 0 Å². The van der Waals surface area contributed by atoms with Crippen LogP contribution in [0.3, 0.4) is 0 Å². The van der Waals surface area contributed by atoms with E-state index in [1.165, 1.54) is 26.4 Å². The quantitative estimate of drug-likeness (QED) is 0.0917. The maximum atomic E-state index is 8.87. The average Bonchev–Trinajstić information content (AvgIpc) is 3.24. The molecular weight excluding hydrogens is 751 g/mol. The molecule has 56 heavy (non-hydrogen) atoms. The summed E-state index contributed by atoms with van der Waals surface area (Å²) in [5, 5.41) is 28.5. The predicted molar refractivity (Wildman–Crippen MR) is 242 cm³/mol. The van der Waals surface area contributed by atoms with E-state index < -0.39 is 0 Å². The van der Waals surface area contributed by atoms with Crippen LogP contribution in [-0.4, -0.2) is 64.7 Å². The number of aromatic nitrogens is 2. The number of anilines is 4. The zero-order valence-corrected chi connectivity index (χ0v) is 33.8. The molecule has 0 radical (unpaired) electrons. The first kappa shape index (κ1) is 38.8. The Morgan fingerprint density at radius 1 is 0.643 bits per heavy atom. The van der Waals surface area contributed by atoms with Gasteiger partial charge in [0.05, 0.1) is 17.3 Å². The summed E-state index contributed by atoms with van der Waals surface area (Å²) in [6.07, 6.45) is 9.95. The van der Waals surface area contributed by atoms with Crippen molar-refractivity contribution in [2.75, 3.05) is 52.9 Å². The van der Waals surface area contributed by atoms with Crippen molar-refractivity contribution in [2.24, 2.45) is 0 Å². The number of nitrogens with zero attached hydrogens (tertiary/aromatic N) is 5. The van der Waals surface area contributed by atoms with Gasteiger partial charge in [0.15, 0.2) is 10.2 Å². The molecule has 284 valence electrons. The van der Waals surface area contributed by atoms with Crippen LogP contribution in [0.2, 0.25) is 0 Å². The summed E-state index contributed by atoms with van der Waals surface area (Å²) in [4.78, 5) is 15.2. The molecule has 0 bridgehead atoms. The summed E-state index contributed by atoms with van der Waals surface area (Å²) in [5.41, 5.74) is 2.58. The number of pyridine rings is 2. The number of piperidine rings is 2. The van der Waals surface area contributed by atoms with Gasteiger partial charge >= 0.3 is 0 Å². The molecule has 4 N–H and O–H groups in total. The Labute approximate surface area is 343 Å². The Hall–Kier alpha value is -5.48. The third-order valence-electron chi connectivity index (χ3n) is 10.2. The molecule has 0 aliphatic carbocycles. The minimum absolute atomic E-state index is 0.338. The van der Waals surface area contributed by atoms with Crippen LogP contribution in [0.5, 0.6) is 0 Å². The summed E-state index contributed by atoms with van der Waals surface area (Å²) in [6, 6.07) is 39.3. The molecule has 0 spiro atoms. The second-order valence-corrected chi connectivity index (χ2v) is 15.5. The fourth-order valence-corrected chi connectivity index (χ4v) is 8.37. The van der Waals surface area contributed by atoms with E-state index in [1.807, 2.05) is 36.7 Å². The van der Waals surface area contributed by atoms with E-state index in [0.29, 0.717) is 27.9 Å². The highest BCUT2D eigenvalue weighted by Gasteiger charge is 2.23. The molecule has 2 fully saturated rings. The second-order valence-electron chi connectivity index (χ2n) is 13.8. The number of fused-ring (bicyclic) bond motifs is 2. The molecule has 2 aromatic heterocycles. The number of hydrogen-bond acceptors (Lipinski definition) is 8. The van der Waals surface area contributed by atoms with Gasteiger partial charge < -0.3 is 31.1 Å². The highest BCUT2D eigenvalue weighted by molar-refractivity contribution is 7.98. The monoisotopic (exact) mass is 795 g/mol. The lowest BCUT2D eigenvalue weighted by atomic mass is 10.0. The van der Waals surface area contributed by atoms with Crippen LogP contribution < -0.4 is 31.1 Å². The van der Waals surface area contributed by atoms with Crippen LogP contribution in [0.25, 0.3) is 21.5 Å². The van der Waals surface area contributed by atoms with E-state index in [4.69, 9.17) is 29.7 Å². The number of rotatable bonds is 7. The van der Waals surface area contributed by atoms with Crippen molar-refractivity contribution in [3.63, 3.8) is 0 Å². The number of benzene rings is 4. The van der Waals surface area contributed by atoms with E-state index in [2.05, 4.69) is 126 Å². The zero-order chi connectivity index (χ0) is 38.7. The molecule has 2 aliphatic rings. The molecule has 2 saturated heterocycles. The van der Waals surface area contributed by atoms with Crippen molar-refractivity contribution < 1.29 is 0 Å². The molecule has 2 aliphatic heterocycles. The first-order valence-electron chi connectivity index (χ1n) is 18.9. The van der Waals surface area contributed by atoms with Gasteiger partial charge in [-0.15, -0.1) is 11.8 Å². The lowest BCUT2D eigenvalue weighted by molar-refractivity contribution is 0.466.